The molecular weight excluding hydrogens is 246 g/mol. The quantitative estimate of drug-likeness (QED) is 0.773. The molecule has 0 saturated heterocycles. The van der Waals surface area contributed by atoms with E-state index in [1.807, 2.05) is 13.8 Å². The lowest BCUT2D eigenvalue weighted by atomic mass is 10.2. The van der Waals surface area contributed by atoms with Crippen LogP contribution in [0.3, 0.4) is 0 Å². The zero-order valence-corrected chi connectivity index (χ0v) is 11.1. The summed E-state index contributed by atoms with van der Waals surface area (Å²) in [5, 5.41) is 4.29. The van der Waals surface area contributed by atoms with Gasteiger partial charge in [-0.15, -0.1) is 5.10 Å². The van der Waals surface area contributed by atoms with E-state index in [2.05, 4.69) is 20.1 Å². The average molecular weight is 261 g/mol. The van der Waals surface area contributed by atoms with Crippen LogP contribution in [0.4, 0.5) is 0 Å². The Balaban J connectivity index is 2.29. The first-order valence-corrected chi connectivity index (χ1v) is 6.04. The second-order valence-electron chi connectivity index (χ2n) is 4.16. The molecule has 19 heavy (non-hydrogen) atoms. The van der Waals surface area contributed by atoms with Crippen LogP contribution in [-0.4, -0.2) is 37.3 Å². The van der Waals surface area contributed by atoms with Crippen LogP contribution < -0.4 is 0 Å². The summed E-state index contributed by atoms with van der Waals surface area (Å²) in [6.07, 6.45) is 3.05. The topological polar surface area (TPSA) is 82.8 Å². The monoisotopic (exact) mass is 261 g/mol. The summed E-state index contributed by atoms with van der Waals surface area (Å²) in [7, 11) is 0. The molecule has 2 aromatic heterocycles. The summed E-state index contributed by atoms with van der Waals surface area (Å²) in [4.78, 5) is 23.7. The van der Waals surface area contributed by atoms with Gasteiger partial charge < -0.3 is 4.74 Å². The second kappa shape index (κ2) is 5.55. The van der Waals surface area contributed by atoms with Gasteiger partial charge in [-0.05, 0) is 6.92 Å². The van der Waals surface area contributed by atoms with Gasteiger partial charge in [-0.3, -0.25) is 0 Å². The average Bonchev–Trinajstić information content (AvgIpc) is 2.89. The molecule has 0 unspecified atom stereocenters. The van der Waals surface area contributed by atoms with Crippen molar-refractivity contribution in [3.63, 3.8) is 0 Å². The van der Waals surface area contributed by atoms with Crippen LogP contribution in [0.5, 0.6) is 0 Å². The predicted octanol–water partition coefficient (Wildman–Crippen LogP) is 1.36. The number of carbonyl (C=O) groups is 1. The van der Waals surface area contributed by atoms with Crippen LogP contribution in [0.15, 0.2) is 18.6 Å². The van der Waals surface area contributed by atoms with Crippen molar-refractivity contribution in [1.82, 2.24) is 24.7 Å². The zero-order chi connectivity index (χ0) is 13.8. The molecule has 7 heteroatoms. The maximum atomic E-state index is 11.5. The summed E-state index contributed by atoms with van der Waals surface area (Å²) < 4.78 is 6.37. The molecule has 0 amide bonds. The fourth-order valence-corrected chi connectivity index (χ4v) is 1.42. The van der Waals surface area contributed by atoms with Crippen molar-refractivity contribution in [3.8, 4) is 5.82 Å². The van der Waals surface area contributed by atoms with Crippen molar-refractivity contribution in [3.05, 3.63) is 30.2 Å². The van der Waals surface area contributed by atoms with Crippen molar-refractivity contribution in [1.29, 1.82) is 0 Å². The fraction of sp³-hybridized carbons (Fsp3) is 0.417. The van der Waals surface area contributed by atoms with Gasteiger partial charge in [0.15, 0.2) is 11.6 Å². The third kappa shape index (κ3) is 2.93. The Kier molecular flexibility index (Phi) is 3.84. The van der Waals surface area contributed by atoms with Crippen LogP contribution in [-0.2, 0) is 4.74 Å². The number of ether oxygens (including phenoxy) is 1. The Morgan fingerprint density at radius 3 is 2.84 bits per heavy atom. The van der Waals surface area contributed by atoms with E-state index in [0.717, 1.165) is 5.82 Å². The summed E-state index contributed by atoms with van der Waals surface area (Å²) in [5.41, 5.74) is 0. The van der Waals surface area contributed by atoms with E-state index in [1.165, 1.54) is 10.9 Å². The van der Waals surface area contributed by atoms with E-state index in [9.17, 15) is 4.79 Å². The molecule has 2 rings (SSSR count). The van der Waals surface area contributed by atoms with Gasteiger partial charge in [0.2, 0.25) is 5.82 Å². The molecule has 0 bridgehead atoms. The molecule has 0 spiro atoms. The van der Waals surface area contributed by atoms with Gasteiger partial charge in [-0.2, -0.15) is 0 Å². The Hall–Kier alpha value is -2.31. The molecule has 0 aliphatic heterocycles. The van der Waals surface area contributed by atoms with Crippen LogP contribution in [0, 0.1) is 0 Å². The zero-order valence-electron chi connectivity index (χ0n) is 11.1. The minimum Gasteiger partial charge on any atom is -0.460 e. The third-order valence-electron chi connectivity index (χ3n) is 2.36. The molecule has 2 aromatic rings. The smallest absolute Gasteiger partial charge is 0.376 e. The molecule has 0 fully saturated rings. The Labute approximate surface area is 110 Å². The van der Waals surface area contributed by atoms with Crippen LogP contribution in [0.2, 0.25) is 0 Å². The fourth-order valence-electron chi connectivity index (χ4n) is 1.42. The van der Waals surface area contributed by atoms with Crippen LogP contribution in [0.25, 0.3) is 5.82 Å². The molecule has 7 nitrogen and oxygen atoms in total. The largest absolute Gasteiger partial charge is 0.460 e. The highest BCUT2D eigenvalue weighted by atomic mass is 16.5. The Morgan fingerprint density at radius 2 is 2.21 bits per heavy atom. The number of nitrogens with zero attached hydrogens (tertiary/aromatic N) is 5. The molecule has 0 radical (unpaired) electrons. The van der Waals surface area contributed by atoms with E-state index < -0.39 is 5.97 Å². The predicted molar refractivity (Wildman–Crippen MR) is 67.0 cm³/mol. The first-order chi connectivity index (χ1) is 9.11. The van der Waals surface area contributed by atoms with Crippen molar-refractivity contribution in [2.24, 2.45) is 0 Å². The number of hydrogen-bond acceptors (Lipinski definition) is 6. The van der Waals surface area contributed by atoms with Crippen molar-refractivity contribution in [2.45, 2.75) is 26.7 Å². The molecule has 2 heterocycles. The molecule has 0 atom stereocenters. The van der Waals surface area contributed by atoms with E-state index in [4.69, 9.17) is 4.74 Å². The SMILES string of the molecule is CCOC(=O)c1nccc(-n2cnc(C(C)C)n2)n1. The standard InChI is InChI=1S/C12H15N5O2/c1-4-19-12(18)11-13-6-5-9(15-11)17-7-14-10(16-17)8(2)3/h5-8H,4H2,1-3H3. The van der Waals surface area contributed by atoms with Gasteiger partial charge in [0.1, 0.15) is 6.33 Å². The van der Waals surface area contributed by atoms with Crippen molar-refractivity contribution in [2.75, 3.05) is 6.61 Å². The molecule has 0 aliphatic rings. The van der Waals surface area contributed by atoms with Gasteiger partial charge in [0.05, 0.1) is 6.61 Å². The lowest BCUT2D eigenvalue weighted by molar-refractivity contribution is 0.0512. The van der Waals surface area contributed by atoms with Gasteiger partial charge in [-0.25, -0.2) is 24.4 Å². The lowest BCUT2D eigenvalue weighted by Gasteiger charge is -2.03. The minimum atomic E-state index is -0.548. The summed E-state index contributed by atoms with van der Waals surface area (Å²) in [6, 6.07) is 1.65. The lowest BCUT2D eigenvalue weighted by Crippen LogP contribution is -2.11. The van der Waals surface area contributed by atoms with Gasteiger partial charge >= 0.3 is 5.97 Å². The molecule has 0 N–H and O–H groups in total. The van der Waals surface area contributed by atoms with E-state index in [-0.39, 0.29) is 18.3 Å². The summed E-state index contributed by atoms with van der Waals surface area (Å²) in [6.45, 7) is 6.02. The number of aromatic nitrogens is 5. The van der Waals surface area contributed by atoms with E-state index >= 15 is 0 Å². The van der Waals surface area contributed by atoms with E-state index in [0.29, 0.717) is 5.82 Å². The highest BCUT2D eigenvalue weighted by molar-refractivity contribution is 5.85. The Morgan fingerprint density at radius 1 is 1.42 bits per heavy atom. The van der Waals surface area contributed by atoms with Gasteiger partial charge in [-0.1, -0.05) is 13.8 Å². The third-order valence-corrected chi connectivity index (χ3v) is 2.36. The number of esters is 1. The highest BCUT2D eigenvalue weighted by Crippen LogP contribution is 2.09. The van der Waals surface area contributed by atoms with Gasteiger partial charge in [0, 0.05) is 18.2 Å². The minimum absolute atomic E-state index is 0.0148. The van der Waals surface area contributed by atoms with Crippen molar-refractivity contribution < 1.29 is 9.53 Å². The number of hydrogen-bond donors (Lipinski definition) is 0. The molecule has 0 saturated carbocycles. The molecule has 100 valence electrons. The highest BCUT2D eigenvalue weighted by Gasteiger charge is 2.13. The van der Waals surface area contributed by atoms with E-state index in [1.54, 1.807) is 19.3 Å². The number of carbonyl (C=O) groups excluding carboxylic acids is 1. The normalized spacial score (nSPS) is 10.7. The summed E-state index contributed by atoms with van der Waals surface area (Å²) in [5.74, 6) is 0.899. The summed E-state index contributed by atoms with van der Waals surface area (Å²) >= 11 is 0. The molecule has 0 aliphatic carbocycles. The Bertz CT molecular complexity index is 579. The second-order valence-corrected chi connectivity index (χ2v) is 4.16. The van der Waals surface area contributed by atoms with Crippen LogP contribution in [0.1, 0.15) is 43.1 Å². The van der Waals surface area contributed by atoms with Crippen LogP contribution >= 0.6 is 0 Å². The first-order valence-electron chi connectivity index (χ1n) is 6.04. The van der Waals surface area contributed by atoms with Crippen molar-refractivity contribution >= 4 is 5.97 Å². The maximum absolute atomic E-state index is 11.5. The first kappa shape index (κ1) is 13.1. The van der Waals surface area contributed by atoms with Gasteiger partial charge in [0.25, 0.3) is 0 Å². The maximum Gasteiger partial charge on any atom is 0.376 e. The number of rotatable bonds is 4. The molecule has 0 aromatic carbocycles. The molecular formula is C12H15N5O2.